The van der Waals surface area contributed by atoms with Crippen LogP contribution < -0.4 is 11.3 Å². The molecular weight excluding hydrogens is 286 g/mol. The number of hydrogen-bond donors (Lipinski definition) is 2. The van der Waals surface area contributed by atoms with Gasteiger partial charge in [0.2, 0.25) is 0 Å². The Kier molecular flexibility index (Phi) is 4.58. The van der Waals surface area contributed by atoms with Gasteiger partial charge in [-0.1, -0.05) is 6.92 Å². The van der Waals surface area contributed by atoms with Crippen LogP contribution in [-0.2, 0) is 4.74 Å². The van der Waals surface area contributed by atoms with E-state index in [1.165, 1.54) is 0 Å². The third-order valence-corrected chi connectivity index (χ3v) is 3.76. The molecule has 6 heteroatoms. The number of furan rings is 1. The average Bonchev–Trinajstić information content (AvgIpc) is 2.77. The van der Waals surface area contributed by atoms with E-state index in [4.69, 9.17) is 15.0 Å². The van der Waals surface area contributed by atoms with Gasteiger partial charge < -0.3 is 9.15 Å². The van der Waals surface area contributed by atoms with Gasteiger partial charge >= 0.3 is 0 Å². The quantitative estimate of drug-likeness (QED) is 0.648. The molecule has 5 nitrogen and oxygen atoms in total. The first-order valence-electron chi connectivity index (χ1n) is 5.79. The van der Waals surface area contributed by atoms with Gasteiger partial charge in [-0.2, -0.15) is 0 Å². The maximum Gasteiger partial charge on any atom is 0.138 e. The van der Waals surface area contributed by atoms with E-state index in [2.05, 4.69) is 33.2 Å². The molecule has 0 aromatic carbocycles. The molecule has 0 amide bonds. The highest BCUT2D eigenvalue weighted by atomic mass is 79.9. The highest BCUT2D eigenvalue weighted by Gasteiger charge is 2.31. The monoisotopic (exact) mass is 303 g/mol. The normalized spacial score (nSPS) is 23.8. The number of hydrazine groups is 1. The molecule has 1 fully saturated rings. The van der Waals surface area contributed by atoms with Crippen LogP contribution in [0.5, 0.6) is 0 Å². The predicted molar refractivity (Wildman–Crippen MR) is 68.3 cm³/mol. The van der Waals surface area contributed by atoms with Gasteiger partial charge in [-0.15, -0.1) is 0 Å². The van der Waals surface area contributed by atoms with Gasteiger partial charge in [0.1, 0.15) is 11.8 Å². The fraction of sp³-hybridized carbons (Fsp3) is 0.636. The molecule has 1 aromatic heterocycles. The van der Waals surface area contributed by atoms with Crippen molar-refractivity contribution in [2.75, 3.05) is 26.2 Å². The Morgan fingerprint density at radius 2 is 2.53 bits per heavy atom. The summed E-state index contributed by atoms with van der Waals surface area (Å²) in [6, 6.07) is 1.73. The minimum Gasteiger partial charge on any atom is -0.466 e. The summed E-state index contributed by atoms with van der Waals surface area (Å²) in [5, 5.41) is 0. The van der Waals surface area contributed by atoms with Crippen LogP contribution in [0.25, 0.3) is 0 Å². The summed E-state index contributed by atoms with van der Waals surface area (Å²) in [5.74, 6) is 6.41. The van der Waals surface area contributed by atoms with E-state index in [0.717, 1.165) is 36.5 Å². The number of hydrogen-bond acceptors (Lipinski definition) is 5. The lowest BCUT2D eigenvalue weighted by atomic mass is 10.1. The van der Waals surface area contributed by atoms with Crippen molar-refractivity contribution >= 4 is 15.9 Å². The van der Waals surface area contributed by atoms with Crippen LogP contribution in [-0.4, -0.2) is 37.2 Å². The molecule has 1 aliphatic heterocycles. The van der Waals surface area contributed by atoms with Crippen LogP contribution in [0.1, 0.15) is 18.7 Å². The molecule has 2 rings (SSSR count). The zero-order valence-electron chi connectivity index (χ0n) is 9.86. The maximum atomic E-state index is 5.78. The molecule has 17 heavy (non-hydrogen) atoms. The van der Waals surface area contributed by atoms with Crippen molar-refractivity contribution in [3.05, 3.63) is 22.6 Å². The molecule has 0 radical (unpaired) electrons. The van der Waals surface area contributed by atoms with Crippen LogP contribution in [0.2, 0.25) is 0 Å². The second-order valence-corrected chi connectivity index (χ2v) is 4.93. The van der Waals surface area contributed by atoms with Crippen molar-refractivity contribution in [1.82, 2.24) is 10.3 Å². The lowest BCUT2D eigenvalue weighted by Crippen LogP contribution is -2.49. The second kappa shape index (κ2) is 5.97. The SMILES string of the molecule is CCN1CCOC(C(NN)c2occc2Br)C1. The van der Waals surface area contributed by atoms with Gasteiger partial charge in [-0.3, -0.25) is 10.7 Å². The van der Waals surface area contributed by atoms with Gasteiger partial charge in [0.15, 0.2) is 0 Å². The van der Waals surface area contributed by atoms with Crippen LogP contribution in [0.3, 0.4) is 0 Å². The van der Waals surface area contributed by atoms with Crippen molar-refractivity contribution in [1.29, 1.82) is 0 Å². The van der Waals surface area contributed by atoms with Crippen LogP contribution in [0.15, 0.2) is 21.2 Å². The van der Waals surface area contributed by atoms with Gasteiger partial charge in [0.05, 0.1) is 23.4 Å². The summed E-state index contributed by atoms with van der Waals surface area (Å²) in [7, 11) is 0. The third kappa shape index (κ3) is 2.89. The van der Waals surface area contributed by atoms with Gasteiger partial charge in [-0.05, 0) is 28.5 Å². The summed E-state index contributed by atoms with van der Waals surface area (Å²) < 4.78 is 12.1. The lowest BCUT2D eigenvalue weighted by Gasteiger charge is -2.35. The maximum absolute atomic E-state index is 5.78. The number of morpholine rings is 1. The first kappa shape index (κ1) is 13.0. The number of nitrogens with one attached hydrogen (secondary N) is 1. The Morgan fingerprint density at radius 3 is 3.12 bits per heavy atom. The summed E-state index contributed by atoms with van der Waals surface area (Å²) in [6.07, 6.45) is 1.65. The molecule has 0 aliphatic carbocycles. The summed E-state index contributed by atoms with van der Waals surface area (Å²) in [5.41, 5.74) is 2.78. The molecule has 1 aromatic rings. The lowest BCUT2D eigenvalue weighted by molar-refractivity contribution is -0.0490. The van der Waals surface area contributed by atoms with Crippen molar-refractivity contribution in [2.24, 2.45) is 5.84 Å². The topological polar surface area (TPSA) is 63.7 Å². The molecule has 2 unspecified atom stereocenters. The summed E-state index contributed by atoms with van der Waals surface area (Å²) in [4.78, 5) is 2.34. The molecule has 0 bridgehead atoms. The van der Waals surface area contributed by atoms with Crippen LogP contribution in [0, 0.1) is 0 Å². The molecule has 2 atom stereocenters. The Labute approximate surface area is 109 Å². The van der Waals surface area contributed by atoms with E-state index < -0.39 is 0 Å². The number of ether oxygens (including phenoxy) is 1. The zero-order valence-corrected chi connectivity index (χ0v) is 11.4. The van der Waals surface area contributed by atoms with Crippen molar-refractivity contribution < 1.29 is 9.15 Å². The molecule has 0 spiro atoms. The zero-order chi connectivity index (χ0) is 12.3. The van der Waals surface area contributed by atoms with Gasteiger partial charge in [0.25, 0.3) is 0 Å². The van der Waals surface area contributed by atoms with Crippen molar-refractivity contribution in [2.45, 2.75) is 19.1 Å². The molecule has 0 saturated carbocycles. The van der Waals surface area contributed by atoms with E-state index in [1.54, 1.807) is 6.26 Å². The molecular formula is C11H18BrN3O2. The average molecular weight is 304 g/mol. The standard InChI is InChI=1S/C11H18BrN3O2/c1-2-15-4-6-16-9(7-15)10(14-13)11-8(12)3-5-17-11/h3,5,9-10,14H,2,4,6-7,13H2,1H3. The summed E-state index contributed by atoms with van der Waals surface area (Å²) >= 11 is 3.45. The Hall–Kier alpha value is -0.400. The number of halogens is 1. The van der Waals surface area contributed by atoms with E-state index in [9.17, 15) is 0 Å². The molecule has 3 N–H and O–H groups in total. The highest BCUT2D eigenvalue weighted by molar-refractivity contribution is 9.10. The number of nitrogens with two attached hydrogens (primary N) is 1. The van der Waals surface area contributed by atoms with Crippen LogP contribution >= 0.6 is 15.9 Å². The van der Waals surface area contributed by atoms with Gasteiger partial charge in [0, 0.05) is 13.1 Å². The van der Waals surface area contributed by atoms with E-state index in [-0.39, 0.29) is 12.1 Å². The van der Waals surface area contributed by atoms with E-state index in [0.29, 0.717) is 0 Å². The number of likely N-dealkylation sites (N-methyl/N-ethyl adjacent to an activating group) is 1. The molecule has 1 aliphatic rings. The number of nitrogens with zero attached hydrogens (tertiary/aromatic N) is 1. The van der Waals surface area contributed by atoms with E-state index in [1.807, 2.05) is 6.07 Å². The van der Waals surface area contributed by atoms with Crippen LogP contribution in [0.4, 0.5) is 0 Å². The molecule has 1 saturated heterocycles. The minimum atomic E-state index is -0.131. The first-order valence-corrected chi connectivity index (χ1v) is 6.58. The smallest absolute Gasteiger partial charge is 0.138 e. The molecule has 96 valence electrons. The Bertz CT molecular complexity index is 358. The largest absolute Gasteiger partial charge is 0.466 e. The van der Waals surface area contributed by atoms with Crippen molar-refractivity contribution in [3.8, 4) is 0 Å². The Balaban J connectivity index is 2.10. The fourth-order valence-corrected chi connectivity index (χ4v) is 2.55. The summed E-state index contributed by atoms with van der Waals surface area (Å²) in [6.45, 7) is 5.74. The minimum absolute atomic E-state index is 0.0103. The second-order valence-electron chi connectivity index (χ2n) is 4.08. The van der Waals surface area contributed by atoms with E-state index >= 15 is 0 Å². The Morgan fingerprint density at radius 1 is 1.71 bits per heavy atom. The predicted octanol–water partition coefficient (Wildman–Crippen LogP) is 1.27. The third-order valence-electron chi connectivity index (χ3n) is 3.10. The number of rotatable bonds is 4. The van der Waals surface area contributed by atoms with Gasteiger partial charge in [-0.25, -0.2) is 5.43 Å². The fourth-order valence-electron chi connectivity index (χ4n) is 2.10. The highest BCUT2D eigenvalue weighted by Crippen LogP contribution is 2.28. The molecule has 2 heterocycles. The van der Waals surface area contributed by atoms with Crippen molar-refractivity contribution in [3.63, 3.8) is 0 Å². The first-order chi connectivity index (χ1) is 8.26.